The van der Waals surface area contributed by atoms with E-state index in [1.54, 1.807) is 0 Å². The van der Waals surface area contributed by atoms with Crippen LogP contribution < -0.4 is 5.32 Å². The SMILES string of the molecule is CN1CCC(NCC2(C)CCC2)C1=O. The predicted octanol–water partition coefficient (Wildman–Crippen LogP) is 0.997. The van der Waals surface area contributed by atoms with Gasteiger partial charge in [0.2, 0.25) is 5.91 Å². The number of carbonyl (C=O) groups is 1. The minimum Gasteiger partial charge on any atom is -0.344 e. The lowest BCUT2D eigenvalue weighted by atomic mass is 9.70. The van der Waals surface area contributed by atoms with E-state index in [4.69, 9.17) is 0 Å². The van der Waals surface area contributed by atoms with Crippen molar-refractivity contribution in [3.8, 4) is 0 Å². The number of amides is 1. The summed E-state index contributed by atoms with van der Waals surface area (Å²) < 4.78 is 0. The Kier molecular flexibility index (Phi) is 2.52. The Morgan fingerprint density at radius 2 is 2.29 bits per heavy atom. The van der Waals surface area contributed by atoms with Crippen LogP contribution in [-0.4, -0.2) is 37.0 Å². The highest BCUT2D eigenvalue weighted by Gasteiger charge is 2.35. The van der Waals surface area contributed by atoms with Gasteiger partial charge in [-0.2, -0.15) is 0 Å². The van der Waals surface area contributed by atoms with E-state index in [-0.39, 0.29) is 11.9 Å². The number of likely N-dealkylation sites (N-methyl/N-ethyl adjacent to an activating group) is 1. The normalized spacial score (nSPS) is 30.6. The van der Waals surface area contributed by atoms with Gasteiger partial charge in [0.05, 0.1) is 6.04 Å². The Morgan fingerprint density at radius 1 is 1.57 bits per heavy atom. The standard InChI is InChI=1S/C11H20N2O/c1-11(5-3-6-11)8-12-9-4-7-13(2)10(9)14/h9,12H,3-8H2,1-2H3. The van der Waals surface area contributed by atoms with Crippen molar-refractivity contribution in [3.63, 3.8) is 0 Å². The Hall–Kier alpha value is -0.570. The zero-order valence-corrected chi connectivity index (χ0v) is 9.18. The molecule has 1 atom stereocenters. The molecule has 1 saturated carbocycles. The van der Waals surface area contributed by atoms with Gasteiger partial charge in [0, 0.05) is 20.1 Å². The van der Waals surface area contributed by atoms with Crippen molar-refractivity contribution in [3.05, 3.63) is 0 Å². The molecule has 80 valence electrons. The summed E-state index contributed by atoms with van der Waals surface area (Å²) in [6.45, 7) is 4.23. The number of rotatable bonds is 3. The zero-order valence-electron chi connectivity index (χ0n) is 9.18. The quantitative estimate of drug-likeness (QED) is 0.730. The van der Waals surface area contributed by atoms with Crippen LogP contribution in [0.4, 0.5) is 0 Å². The molecule has 3 heteroatoms. The van der Waals surface area contributed by atoms with Gasteiger partial charge in [-0.15, -0.1) is 0 Å². The van der Waals surface area contributed by atoms with Crippen molar-refractivity contribution < 1.29 is 4.79 Å². The molecule has 2 fully saturated rings. The monoisotopic (exact) mass is 196 g/mol. The first-order valence-corrected chi connectivity index (χ1v) is 5.59. The molecule has 0 radical (unpaired) electrons. The van der Waals surface area contributed by atoms with Gasteiger partial charge in [0.25, 0.3) is 0 Å². The summed E-state index contributed by atoms with van der Waals surface area (Å²) in [4.78, 5) is 13.4. The first-order valence-electron chi connectivity index (χ1n) is 5.59. The number of nitrogens with one attached hydrogen (secondary N) is 1. The maximum atomic E-state index is 11.6. The van der Waals surface area contributed by atoms with Crippen LogP contribution >= 0.6 is 0 Å². The van der Waals surface area contributed by atoms with Crippen LogP contribution in [0.3, 0.4) is 0 Å². The van der Waals surface area contributed by atoms with Gasteiger partial charge in [-0.05, 0) is 24.7 Å². The van der Waals surface area contributed by atoms with Gasteiger partial charge in [0.15, 0.2) is 0 Å². The highest BCUT2D eigenvalue weighted by Crippen LogP contribution is 2.39. The second kappa shape index (κ2) is 3.54. The molecule has 1 aliphatic heterocycles. The smallest absolute Gasteiger partial charge is 0.239 e. The van der Waals surface area contributed by atoms with E-state index < -0.39 is 0 Å². The Balaban J connectivity index is 1.78. The number of nitrogens with zero attached hydrogens (tertiary/aromatic N) is 1. The number of carbonyl (C=O) groups excluding carboxylic acids is 1. The zero-order chi connectivity index (χ0) is 10.2. The van der Waals surface area contributed by atoms with Crippen molar-refractivity contribution in [2.45, 2.75) is 38.6 Å². The van der Waals surface area contributed by atoms with E-state index in [0.717, 1.165) is 19.5 Å². The first kappa shape index (κ1) is 9.97. The lowest BCUT2D eigenvalue weighted by Gasteiger charge is -2.39. The largest absolute Gasteiger partial charge is 0.344 e. The summed E-state index contributed by atoms with van der Waals surface area (Å²) in [5.41, 5.74) is 0.474. The van der Waals surface area contributed by atoms with Crippen LogP contribution in [0, 0.1) is 5.41 Å². The van der Waals surface area contributed by atoms with Gasteiger partial charge < -0.3 is 10.2 Å². The van der Waals surface area contributed by atoms with Gasteiger partial charge in [-0.3, -0.25) is 4.79 Å². The molecule has 0 aromatic carbocycles. The maximum absolute atomic E-state index is 11.6. The number of likely N-dealkylation sites (tertiary alicyclic amines) is 1. The third kappa shape index (κ3) is 1.78. The summed E-state index contributed by atoms with van der Waals surface area (Å²) in [5.74, 6) is 0.271. The summed E-state index contributed by atoms with van der Waals surface area (Å²) in [6, 6.07) is 0.0948. The minimum atomic E-state index is 0.0948. The van der Waals surface area contributed by atoms with Crippen LogP contribution in [0.15, 0.2) is 0 Å². The molecular weight excluding hydrogens is 176 g/mol. The highest BCUT2D eigenvalue weighted by atomic mass is 16.2. The van der Waals surface area contributed by atoms with Gasteiger partial charge >= 0.3 is 0 Å². The van der Waals surface area contributed by atoms with Gasteiger partial charge in [0.1, 0.15) is 0 Å². The average molecular weight is 196 g/mol. The molecule has 0 aromatic rings. The molecule has 3 nitrogen and oxygen atoms in total. The molecule has 1 heterocycles. The molecule has 1 amide bonds. The van der Waals surface area contributed by atoms with Gasteiger partial charge in [-0.25, -0.2) is 0 Å². The lowest BCUT2D eigenvalue weighted by molar-refractivity contribution is -0.128. The lowest BCUT2D eigenvalue weighted by Crippen LogP contribution is -2.44. The van der Waals surface area contributed by atoms with Crippen molar-refractivity contribution in [1.82, 2.24) is 10.2 Å². The second-order valence-electron chi connectivity index (χ2n) is 5.15. The molecular formula is C11H20N2O. The molecule has 2 aliphatic rings. The summed E-state index contributed by atoms with van der Waals surface area (Å²) in [5, 5.41) is 3.41. The van der Waals surface area contributed by atoms with Crippen molar-refractivity contribution in [1.29, 1.82) is 0 Å². The van der Waals surface area contributed by atoms with Crippen molar-refractivity contribution in [2.75, 3.05) is 20.1 Å². The predicted molar refractivity (Wildman–Crippen MR) is 56.0 cm³/mol. The van der Waals surface area contributed by atoms with E-state index in [2.05, 4.69) is 12.2 Å². The van der Waals surface area contributed by atoms with Crippen LogP contribution in [0.1, 0.15) is 32.6 Å². The van der Waals surface area contributed by atoms with E-state index in [1.165, 1.54) is 19.3 Å². The third-order valence-electron chi connectivity index (χ3n) is 3.76. The van der Waals surface area contributed by atoms with E-state index >= 15 is 0 Å². The van der Waals surface area contributed by atoms with E-state index in [1.807, 2.05) is 11.9 Å². The van der Waals surface area contributed by atoms with Gasteiger partial charge in [-0.1, -0.05) is 13.3 Å². The average Bonchev–Trinajstić information content (AvgIpc) is 2.42. The van der Waals surface area contributed by atoms with E-state index in [9.17, 15) is 4.79 Å². The summed E-state index contributed by atoms with van der Waals surface area (Å²) in [6.07, 6.45) is 4.97. The number of hydrogen-bond acceptors (Lipinski definition) is 2. The summed E-state index contributed by atoms with van der Waals surface area (Å²) in [7, 11) is 1.88. The van der Waals surface area contributed by atoms with Crippen LogP contribution in [0.5, 0.6) is 0 Å². The molecule has 1 aliphatic carbocycles. The van der Waals surface area contributed by atoms with Crippen molar-refractivity contribution >= 4 is 5.91 Å². The Bertz CT molecular complexity index is 235. The fourth-order valence-corrected chi connectivity index (χ4v) is 2.34. The molecule has 14 heavy (non-hydrogen) atoms. The highest BCUT2D eigenvalue weighted by molar-refractivity contribution is 5.83. The van der Waals surface area contributed by atoms with Crippen LogP contribution in [-0.2, 0) is 4.79 Å². The topological polar surface area (TPSA) is 32.3 Å². The number of hydrogen-bond donors (Lipinski definition) is 1. The first-order chi connectivity index (χ1) is 6.61. The minimum absolute atomic E-state index is 0.0948. The van der Waals surface area contributed by atoms with Crippen LogP contribution in [0.25, 0.3) is 0 Å². The second-order valence-corrected chi connectivity index (χ2v) is 5.15. The molecule has 0 spiro atoms. The maximum Gasteiger partial charge on any atom is 0.239 e. The Labute approximate surface area is 85.8 Å². The molecule has 0 bridgehead atoms. The van der Waals surface area contributed by atoms with Crippen LogP contribution in [0.2, 0.25) is 0 Å². The molecule has 1 N–H and O–H groups in total. The molecule has 2 rings (SSSR count). The third-order valence-corrected chi connectivity index (χ3v) is 3.76. The summed E-state index contributed by atoms with van der Waals surface area (Å²) >= 11 is 0. The van der Waals surface area contributed by atoms with E-state index in [0.29, 0.717) is 5.41 Å². The Morgan fingerprint density at radius 3 is 2.71 bits per heavy atom. The molecule has 1 saturated heterocycles. The molecule has 0 aromatic heterocycles. The molecule has 1 unspecified atom stereocenters. The van der Waals surface area contributed by atoms with Crippen molar-refractivity contribution in [2.24, 2.45) is 5.41 Å². The fraction of sp³-hybridized carbons (Fsp3) is 0.909. The fourth-order valence-electron chi connectivity index (χ4n) is 2.34.